The van der Waals surface area contributed by atoms with Crippen molar-refractivity contribution in [3.05, 3.63) is 48.3 Å². The number of hydrogen-bond donors (Lipinski definition) is 1. The van der Waals surface area contributed by atoms with E-state index in [9.17, 15) is 4.79 Å². The number of rotatable bonds is 7. The highest BCUT2D eigenvalue weighted by Gasteiger charge is 2.25. The second-order valence-corrected chi connectivity index (χ2v) is 8.82. The second-order valence-electron chi connectivity index (χ2n) is 7.87. The Morgan fingerprint density at radius 3 is 2.88 bits per heavy atom. The molecule has 0 unspecified atom stereocenters. The highest BCUT2D eigenvalue weighted by atomic mass is 32.2. The number of nitrogens with zero attached hydrogens (tertiary/aromatic N) is 5. The summed E-state index contributed by atoms with van der Waals surface area (Å²) in [5.41, 5.74) is 4.15. The molecule has 1 saturated carbocycles. The number of aromatic nitrogens is 4. The number of carbonyl (C=O) groups is 1. The van der Waals surface area contributed by atoms with Crippen LogP contribution in [0.15, 0.2) is 52.9 Å². The molecule has 3 heterocycles. The predicted octanol–water partition coefficient (Wildman–Crippen LogP) is 3.82. The SMILES string of the molecule is O=C(CSc1nnc(-c2ccc3c(c2)OCO3)n1C1CCCCC1)N/N=C/c1ccccn1. The Morgan fingerprint density at radius 2 is 2.03 bits per heavy atom. The van der Waals surface area contributed by atoms with Crippen LogP contribution in [0.25, 0.3) is 11.4 Å². The van der Waals surface area contributed by atoms with Crippen LogP contribution in [-0.4, -0.2) is 44.4 Å². The average Bonchev–Trinajstić information content (AvgIpc) is 3.50. The summed E-state index contributed by atoms with van der Waals surface area (Å²) in [6.07, 6.45) is 8.94. The number of carbonyl (C=O) groups excluding carboxylic acids is 1. The molecule has 9 nitrogen and oxygen atoms in total. The van der Waals surface area contributed by atoms with Crippen LogP contribution >= 0.6 is 11.8 Å². The Kier molecular flexibility index (Phi) is 6.52. The van der Waals surface area contributed by atoms with Crippen LogP contribution in [0, 0.1) is 0 Å². The molecular weight excluding hydrogens is 440 g/mol. The molecule has 0 spiro atoms. The van der Waals surface area contributed by atoms with E-state index >= 15 is 0 Å². The van der Waals surface area contributed by atoms with E-state index < -0.39 is 0 Å². The summed E-state index contributed by atoms with van der Waals surface area (Å²) in [6, 6.07) is 11.6. The van der Waals surface area contributed by atoms with Gasteiger partial charge in [0.1, 0.15) is 0 Å². The molecule has 0 bridgehead atoms. The number of ether oxygens (including phenoxy) is 2. The van der Waals surface area contributed by atoms with Crippen LogP contribution in [-0.2, 0) is 4.79 Å². The molecule has 2 aromatic heterocycles. The monoisotopic (exact) mass is 464 g/mol. The molecule has 0 radical (unpaired) electrons. The molecule has 0 atom stereocenters. The number of pyridine rings is 1. The number of nitrogens with one attached hydrogen (secondary N) is 1. The fourth-order valence-corrected chi connectivity index (χ4v) is 4.86. The van der Waals surface area contributed by atoms with Crippen molar-refractivity contribution in [1.29, 1.82) is 0 Å². The lowest BCUT2D eigenvalue weighted by atomic mass is 9.95. The first-order valence-corrected chi connectivity index (χ1v) is 12.0. The third-order valence-electron chi connectivity index (χ3n) is 5.64. The van der Waals surface area contributed by atoms with Gasteiger partial charge in [-0.25, -0.2) is 5.43 Å². The maximum atomic E-state index is 12.3. The number of thioether (sulfide) groups is 1. The van der Waals surface area contributed by atoms with Crippen LogP contribution in [0.1, 0.15) is 43.8 Å². The van der Waals surface area contributed by atoms with Gasteiger partial charge in [-0.1, -0.05) is 37.1 Å². The van der Waals surface area contributed by atoms with Crippen LogP contribution in [0.5, 0.6) is 11.5 Å². The zero-order chi connectivity index (χ0) is 22.5. The van der Waals surface area contributed by atoms with E-state index in [1.165, 1.54) is 37.2 Å². The molecule has 2 aliphatic rings. The molecule has 5 rings (SSSR count). The highest BCUT2D eigenvalue weighted by molar-refractivity contribution is 7.99. The summed E-state index contributed by atoms with van der Waals surface area (Å²) >= 11 is 1.37. The van der Waals surface area contributed by atoms with E-state index in [4.69, 9.17) is 9.47 Å². The lowest BCUT2D eigenvalue weighted by Gasteiger charge is -2.25. The molecular formula is C23H24N6O3S. The van der Waals surface area contributed by atoms with E-state index in [1.807, 2.05) is 36.4 Å². The zero-order valence-corrected chi connectivity index (χ0v) is 18.8. The molecule has 1 aromatic carbocycles. The minimum Gasteiger partial charge on any atom is -0.454 e. The van der Waals surface area contributed by atoms with Crippen LogP contribution in [0.4, 0.5) is 0 Å². The highest BCUT2D eigenvalue weighted by Crippen LogP contribution is 2.39. The van der Waals surface area contributed by atoms with E-state index in [-0.39, 0.29) is 18.5 Å². The summed E-state index contributed by atoms with van der Waals surface area (Å²) < 4.78 is 13.2. The van der Waals surface area contributed by atoms with Crippen molar-refractivity contribution >= 4 is 23.9 Å². The van der Waals surface area contributed by atoms with Gasteiger partial charge >= 0.3 is 0 Å². The van der Waals surface area contributed by atoms with Gasteiger partial charge in [-0.05, 0) is 43.2 Å². The Morgan fingerprint density at radius 1 is 1.15 bits per heavy atom. The van der Waals surface area contributed by atoms with Crippen molar-refractivity contribution in [3.63, 3.8) is 0 Å². The Balaban J connectivity index is 1.31. The number of fused-ring (bicyclic) bond motifs is 1. The third kappa shape index (κ3) is 5.00. The van der Waals surface area contributed by atoms with Gasteiger partial charge in [0.2, 0.25) is 6.79 Å². The molecule has 33 heavy (non-hydrogen) atoms. The molecule has 1 amide bonds. The molecule has 1 N–H and O–H groups in total. The smallest absolute Gasteiger partial charge is 0.250 e. The first-order chi connectivity index (χ1) is 16.3. The topological polar surface area (TPSA) is 104 Å². The van der Waals surface area contributed by atoms with Crippen molar-refractivity contribution < 1.29 is 14.3 Å². The number of hydrogen-bond acceptors (Lipinski definition) is 8. The number of amides is 1. The van der Waals surface area contributed by atoms with E-state index in [1.54, 1.807) is 6.20 Å². The van der Waals surface area contributed by atoms with Gasteiger partial charge in [0.15, 0.2) is 22.5 Å². The first-order valence-electron chi connectivity index (χ1n) is 11.0. The van der Waals surface area contributed by atoms with E-state index in [2.05, 4.69) is 30.3 Å². The summed E-state index contributed by atoms with van der Waals surface area (Å²) in [6.45, 7) is 0.229. The average molecular weight is 465 g/mol. The van der Waals surface area contributed by atoms with Gasteiger partial charge in [0.25, 0.3) is 5.91 Å². The standard InChI is InChI=1S/C23H24N6O3S/c30-21(26-25-13-17-6-4-5-11-24-17)14-33-23-28-27-22(29(23)18-7-2-1-3-8-18)16-9-10-19-20(12-16)32-15-31-19/h4-6,9-13,18H,1-3,7-8,14-15H2,(H,26,30)/b25-13+. The fraction of sp³-hybridized carbons (Fsp3) is 0.348. The van der Waals surface area contributed by atoms with Gasteiger partial charge in [-0.2, -0.15) is 5.10 Å². The second kappa shape index (κ2) is 10.0. The molecule has 10 heteroatoms. The van der Waals surface area contributed by atoms with Gasteiger partial charge in [0.05, 0.1) is 17.7 Å². The van der Waals surface area contributed by atoms with Crippen LogP contribution in [0.2, 0.25) is 0 Å². The largest absolute Gasteiger partial charge is 0.454 e. The van der Waals surface area contributed by atoms with Crippen molar-refractivity contribution in [3.8, 4) is 22.9 Å². The summed E-state index contributed by atoms with van der Waals surface area (Å²) in [5, 5.41) is 13.6. The fourth-order valence-electron chi connectivity index (χ4n) is 4.06. The quantitative estimate of drug-likeness (QED) is 0.322. The predicted molar refractivity (Wildman–Crippen MR) is 124 cm³/mol. The molecule has 170 valence electrons. The Labute approximate surface area is 195 Å². The summed E-state index contributed by atoms with van der Waals surface area (Å²) in [5.74, 6) is 2.21. The number of hydrazone groups is 1. The van der Waals surface area contributed by atoms with Crippen molar-refractivity contribution in [1.82, 2.24) is 25.2 Å². The Bertz CT molecular complexity index is 1140. The molecule has 1 fully saturated rings. The van der Waals surface area contributed by atoms with Crippen molar-refractivity contribution in [2.45, 2.75) is 43.3 Å². The molecule has 3 aromatic rings. The van der Waals surface area contributed by atoms with Gasteiger partial charge in [-0.15, -0.1) is 10.2 Å². The van der Waals surface area contributed by atoms with Crippen LogP contribution < -0.4 is 14.9 Å². The lowest BCUT2D eigenvalue weighted by molar-refractivity contribution is -0.118. The molecule has 0 saturated heterocycles. The van der Waals surface area contributed by atoms with Crippen molar-refractivity contribution in [2.75, 3.05) is 12.5 Å². The van der Waals surface area contributed by atoms with Gasteiger partial charge in [0, 0.05) is 17.8 Å². The minimum atomic E-state index is -0.213. The maximum absolute atomic E-state index is 12.3. The van der Waals surface area contributed by atoms with Gasteiger partial charge < -0.3 is 9.47 Å². The number of benzene rings is 1. The van der Waals surface area contributed by atoms with E-state index in [0.717, 1.165) is 35.1 Å². The zero-order valence-electron chi connectivity index (χ0n) is 18.0. The normalized spacial score (nSPS) is 15.8. The molecule has 1 aliphatic heterocycles. The van der Waals surface area contributed by atoms with Crippen molar-refractivity contribution in [2.24, 2.45) is 5.10 Å². The summed E-state index contributed by atoms with van der Waals surface area (Å²) in [4.78, 5) is 16.5. The van der Waals surface area contributed by atoms with Gasteiger partial charge in [-0.3, -0.25) is 14.3 Å². The maximum Gasteiger partial charge on any atom is 0.250 e. The molecule has 1 aliphatic carbocycles. The lowest BCUT2D eigenvalue weighted by Crippen LogP contribution is -2.20. The van der Waals surface area contributed by atoms with Crippen LogP contribution in [0.3, 0.4) is 0 Å². The van der Waals surface area contributed by atoms with E-state index in [0.29, 0.717) is 17.5 Å². The minimum absolute atomic E-state index is 0.186. The summed E-state index contributed by atoms with van der Waals surface area (Å²) in [7, 11) is 0. The Hall–Kier alpha value is -3.40. The first kappa shape index (κ1) is 21.4. The third-order valence-corrected chi connectivity index (χ3v) is 6.58.